The summed E-state index contributed by atoms with van der Waals surface area (Å²) in [6, 6.07) is -0.794. The molecule has 2 atom stereocenters. The predicted octanol–water partition coefficient (Wildman–Crippen LogP) is 2.05. The first-order valence-electron chi connectivity index (χ1n) is 3.95. The second-order valence-corrected chi connectivity index (χ2v) is 2.48. The maximum atomic E-state index is 11.1. The van der Waals surface area contributed by atoms with Crippen LogP contribution in [-0.4, -0.2) is 19.1 Å². The van der Waals surface area contributed by atoms with Crippen LogP contribution in [0.3, 0.4) is 0 Å². The van der Waals surface area contributed by atoms with Gasteiger partial charge in [0.2, 0.25) is 0 Å². The summed E-state index contributed by atoms with van der Waals surface area (Å²) in [6.45, 7) is 5.44. The summed E-state index contributed by atoms with van der Waals surface area (Å²) in [6.07, 6.45) is 2.28. The zero-order valence-corrected chi connectivity index (χ0v) is 7.80. The van der Waals surface area contributed by atoms with Crippen LogP contribution < -0.4 is 0 Å². The summed E-state index contributed by atoms with van der Waals surface area (Å²) in [5.41, 5.74) is 8.24. The predicted molar refractivity (Wildman–Crippen MR) is 48.9 cm³/mol. The smallest absolute Gasteiger partial charge is 0.315 e. The van der Waals surface area contributed by atoms with Crippen molar-refractivity contribution in [3.8, 4) is 0 Å². The minimum atomic E-state index is -0.794. The second kappa shape index (κ2) is 6.08. The van der Waals surface area contributed by atoms with Crippen LogP contribution in [0, 0.1) is 5.92 Å². The van der Waals surface area contributed by atoms with Crippen LogP contribution in [0.15, 0.2) is 17.8 Å². The van der Waals surface area contributed by atoms with E-state index in [2.05, 4.69) is 21.3 Å². The molecule has 0 aromatic rings. The number of carbonyl (C=O) groups excluding carboxylic acids is 1. The van der Waals surface area contributed by atoms with Gasteiger partial charge in [0, 0.05) is 4.91 Å². The lowest BCUT2D eigenvalue weighted by Crippen LogP contribution is -2.27. The van der Waals surface area contributed by atoms with E-state index in [1.807, 2.05) is 6.92 Å². The molecule has 0 unspecified atom stereocenters. The van der Waals surface area contributed by atoms with Crippen molar-refractivity contribution >= 4 is 5.97 Å². The minimum absolute atomic E-state index is 0.164. The van der Waals surface area contributed by atoms with Crippen LogP contribution in [0.4, 0.5) is 0 Å². The van der Waals surface area contributed by atoms with Crippen LogP contribution in [0.1, 0.15) is 13.3 Å². The van der Waals surface area contributed by atoms with Gasteiger partial charge in [0.1, 0.15) is 6.04 Å². The Hall–Kier alpha value is -1.48. The topological polar surface area (TPSA) is 75.1 Å². The molecule has 0 aliphatic heterocycles. The van der Waals surface area contributed by atoms with Gasteiger partial charge in [-0.3, -0.25) is 4.79 Å². The van der Waals surface area contributed by atoms with Crippen LogP contribution >= 0.6 is 0 Å². The van der Waals surface area contributed by atoms with Crippen LogP contribution in [-0.2, 0) is 9.53 Å². The molecule has 0 bridgehead atoms. The summed E-state index contributed by atoms with van der Waals surface area (Å²) >= 11 is 0. The van der Waals surface area contributed by atoms with Gasteiger partial charge in [-0.15, -0.1) is 6.58 Å². The lowest BCUT2D eigenvalue weighted by atomic mass is 9.98. The normalized spacial score (nSPS) is 13.7. The van der Waals surface area contributed by atoms with Gasteiger partial charge in [-0.2, -0.15) is 0 Å². The fraction of sp³-hybridized carbons (Fsp3) is 0.625. The quantitative estimate of drug-likeness (QED) is 0.215. The maximum Gasteiger partial charge on any atom is 0.315 e. The van der Waals surface area contributed by atoms with E-state index in [1.165, 1.54) is 7.11 Å². The van der Waals surface area contributed by atoms with Crippen molar-refractivity contribution in [2.75, 3.05) is 7.11 Å². The van der Waals surface area contributed by atoms with Crippen LogP contribution in [0.2, 0.25) is 0 Å². The van der Waals surface area contributed by atoms with Crippen molar-refractivity contribution in [2.45, 2.75) is 19.4 Å². The van der Waals surface area contributed by atoms with Gasteiger partial charge in [0.25, 0.3) is 0 Å². The number of carbonyl (C=O) groups is 1. The van der Waals surface area contributed by atoms with Crippen molar-refractivity contribution in [3.63, 3.8) is 0 Å². The Labute approximate surface area is 77.0 Å². The molecule has 0 spiro atoms. The lowest BCUT2D eigenvalue weighted by molar-refractivity contribution is -0.143. The third-order valence-electron chi connectivity index (χ3n) is 1.80. The SMILES string of the molecule is C=C[C@H](CC)[C@H](N=[N+]=[N-])C(=O)OC. The molecule has 0 aromatic carbocycles. The molecule has 0 aromatic heterocycles. The van der Waals surface area contributed by atoms with Gasteiger partial charge in [-0.05, 0) is 17.9 Å². The molecule has 13 heavy (non-hydrogen) atoms. The molecule has 0 heterocycles. The minimum Gasteiger partial charge on any atom is -0.469 e. The molecule has 0 radical (unpaired) electrons. The third kappa shape index (κ3) is 3.17. The molecular weight excluding hydrogens is 170 g/mol. The number of methoxy groups -OCH3 is 1. The van der Waals surface area contributed by atoms with E-state index in [1.54, 1.807) is 6.08 Å². The molecular formula is C8H13N3O2. The van der Waals surface area contributed by atoms with Crippen LogP contribution in [0.25, 0.3) is 10.4 Å². The van der Waals surface area contributed by atoms with E-state index < -0.39 is 12.0 Å². The molecule has 0 rings (SSSR count). The Morgan fingerprint density at radius 2 is 2.46 bits per heavy atom. The second-order valence-electron chi connectivity index (χ2n) is 2.48. The van der Waals surface area contributed by atoms with E-state index in [0.29, 0.717) is 6.42 Å². The number of esters is 1. The Morgan fingerprint density at radius 3 is 2.77 bits per heavy atom. The molecule has 5 heteroatoms. The third-order valence-corrected chi connectivity index (χ3v) is 1.80. The van der Waals surface area contributed by atoms with Gasteiger partial charge < -0.3 is 4.74 Å². The highest BCUT2D eigenvalue weighted by Crippen LogP contribution is 2.14. The van der Waals surface area contributed by atoms with Crippen molar-refractivity contribution in [1.82, 2.24) is 0 Å². The van der Waals surface area contributed by atoms with E-state index >= 15 is 0 Å². The van der Waals surface area contributed by atoms with Crippen molar-refractivity contribution in [1.29, 1.82) is 0 Å². The summed E-state index contributed by atoms with van der Waals surface area (Å²) < 4.78 is 4.50. The average molecular weight is 183 g/mol. The standard InChI is InChI=1S/C8H13N3O2/c1-4-6(5-2)7(10-11-9)8(12)13-3/h4,6-7H,1,5H2,2-3H3/t6-,7+/m1/s1. The molecule has 0 aliphatic carbocycles. The molecule has 0 aliphatic rings. The fourth-order valence-electron chi connectivity index (χ4n) is 1.00. The molecule has 0 N–H and O–H groups in total. The largest absolute Gasteiger partial charge is 0.469 e. The van der Waals surface area contributed by atoms with E-state index in [9.17, 15) is 4.79 Å². The van der Waals surface area contributed by atoms with Crippen molar-refractivity contribution in [2.24, 2.45) is 11.0 Å². The monoisotopic (exact) mass is 183 g/mol. The number of hydrogen-bond acceptors (Lipinski definition) is 3. The summed E-state index contributed by atoms with van der Waals surface area (Å²) in [4.78, 5) is 13.7. The van der Waals surface area contributed by atoms with Gasteiger partial charge in [0.05, 0.1) is 7.11 Å². The molecule has 0 amide bonds. The molecule has 0 fully saturated rings. The number of ether oxygens (including phenoxy) is 1. The molecule has 0 saturated carbocycles. The lowest BCUT2D eigenvalue weighted by Gasteiger charge is -2.15. The van der Waals surface area contributed by atoms with Gasteiger partial charge >= 0.3 is 5.97 Å². The van der Waals surface area contributed by atoms with Gasteiger partial charge in [0.15, 0.2) is 0 Å². The Morgan fingerprint density at radius 1 is 1.85 bits per heavy atom. The van der Waals surface area contributed by atoms with E-state index in [0.717, 1.165) is 0 Å². The Bertz CT molecular complexity index is 234. The van der Waals surface area contributed by atoms with Gasteiger partial charge in [-0.25, -0.2) is 0 Å². The van der Waals surface area contributed by atoms with Crippen molar-refractivity contribution < 1.29 is 9.53 Å². The number of rotatable bonds is 5. The van der Waals surface area contributed by atoms with E-state index in [-0.39, 0.29) is 5.92 Å². The summed E-state index contributed by atoms with van der Waals surface area (Å²) in [5.74, 6) is -0.687. The molecule has 5 nitrogen and oxygen atoms in total. The molecule has 0 saturated heterocycles. The zero-order valence-electron chi connectivity index (χ0n) is 7.80. The first-order chi connectivity index (χ1) is 6.21. The Balaban J connectivity index is 4.66. The average Bonchev–Trinajstić information content (AvgIpc) is 2.17. The van der Waals surface area contributed by atoms with E-state index in [4.69, 9.17) is 5.53 Å². The van der Waals surface area contributed by atoms with Gasteiger partial charge in [-0.1, -0.05) is 18.1 Å². The highest BCUT2D eigenvalue weighted by Gasteiger charge is 2.24. The van der Waals surface area contributed by atoms with Crippen LogP contribution in [0.5, 0.6) is 0 Å². The highest BCUT2D eigenvalue weighted by molar-refractivity contribution is 5.76. The first-order valence-corrected chi connectivity index (χ1v) is 3.95. The van der Waals surface area contributed by atoms with Crippen molar-refractivity contribution in [3.05, 3.63) is 23.1 Å². The summed E-state index contributed by atoms with van der Waals surface area (Å²) in [7, 11) is 1.26. The highest BCUT2D eigenvalue weighted by atomic mass is 16.5. The Kier molecular flexibility index (Phi) is 5.39. The fourth-order valence-corrected chi connectivity index (χ4v) is 1.00. The zero-order chi connectivity index (χ0) is 10.3. The maximum absolute atomic E-state index is 11.1. The number of hydrogen-bond donors (Lipinski definition) is 0. The summed E-state index contributed by atoms with van der Waals surface area (Å²) in [5, 5.41) is 3.37. The first kappa shape index (κ1) is 11.5. The molecule has 72 valence electrons. The number of azide groups is 1. The number of nitrogens with zero attached hydrogens (tertiary/aromatic N) is 3.